The first-order valence-electron chi connectivity index (χ1n) is 11.6. The number of aromatic amines is 1. The number of carbonyl (C=O) groups is 1. The third-order valence-corrected chi connectivity index (χ3v) is 6.67. The Hall–Kier alpha value is -3.23. The molecule has 0 radical (unpaired) electrons. The summed E-state index contributed by atoms with van der Waals surface area (Å²) < 4.78 is 1.68. The Bertz CT molecular complexity index is 1130. The number of piperidine rings is 1. The molecule has 1 aliphatic heterocycles. The Morgan fingerprint density at radius 3 is 2.56 bits per heavy atom. The summed E-state index contributed by atoms with van der Waals surface area (Å²) in [6, 6.07) is 10.3. The Kier molecular flexibility index (Phi) is 5.87. The summed E-state index contributed by atoms with van der Waals surface area (Å²) >= 11 is 0. The van der Waals surface area contributed by atoms with Crippen LogP contribution in [0.1, 0.15) is 62.3 Å². The van der Waals surface area contributed by atoms with E-state index >= 15 is 0 Å². The summed E-state index contributed by atoms with van der Waals surface area (Å²) in [5.74, 6) is 0.761. The molecule has 1 saturated heterocycles. The van der Waals surface area contributed by atoms with Crippen molar-refractivity contribution in [1.29, 1.82) is 0 Å². The lowest BCUT2D eigenvalue weighted by molar-refractivity contribution is 0.173. The minimum atomic E-state index is -0.262. The second-order valence-electron chi connectivity index (χ2n) is 8.90. The van der Waals surface area contributed by atoms with Crippen LogP contribution in [0.5, 0.6) is 0 Å². The number of fused-ring (bicyclic) bond motifs is 1. The molecule has 5 rings (SSSR count). The summed E-state index contributed by atoms with van der Waals surface area (Å²) in [7, 11) is 0. The van der Waals surface area contributed by atoms with Gasteiger partial charge in [-0.1, -0.05) is 54.8 Å². The highest BCUT2D eigenvalue weighted by atomic mass is 16.2. The van der Waals surface area contributed by atoms with E-state index in [1.165, 1.54) is 19.3 Å². The molecular weight excluding hydrogens is 406 g/mol. The highest BCUT2D eigenvalue weighted by molar-refractivity contribution is 5.74. The van der Waals surface area contributed by atoms with E-state index in [0.717, 1.165) is 31.2 Å². The van der Waals surface area contributed by atoms with Crippen LogP contribution in [0.4, 0.5) is 4.79 Å². The summed E-state index contributed by atoms with van der Waals surface area (Å²) in [5.41, 5.74) is 1.57. The van der Waals surface area contributed by atoms with Crippen LogP contribution in [0.25, 0.3) is 11.2 Å². The van der Waals surface area contributed by atoms with Crippen molar-refractivity contribution in [3.8, 4) is 0 Å². The fourth-order valence-corrected chi connectivity index (χ4v) is 4.81. The Morgan fingerprint density at radius 1 is 1.06 bits per heavy atom. The first-order valence-corrected chi connectivity index (χ1v) is 11.6. The first-order chi connectivity index (χ1) is 15.7. The highest BCUT2D eigenvalue weighted by Crippen LogP contribution is 2.26. The quantitative estimate of drug-likeness (QED) is 0.655. The van der Waals surface area contributed by atoms with Gasteiger partial charge in [0.1, 0.15) is 5.82 Å². The second-order valence-corrected chi connectivity index (χ2v) is 8.90. The van der Waals surface area contributed by atoms with Crippen LogP contribution < -0.4 is 10.9 Å². The van der Waals surface area contributed by atoms with E-state index in [4.69, 9.17) is 4.98 Å². The fraction of sp³-hybridized carbons (Fsp3) is 0.522. The van der Waals surface area contributed by atoms with E-state index in [1.54, 1.807) is 4.68 Å². The molecule has 0 spiro atoms. The fourth-order valence-electron chi connectivity index (χ4n) is 4.81. The predicted molar refractivity (Wildman–Crippen MR) is 120 cm³/mol. The molecule has 9 nitrogen and oxygen atoms in total. The Labute approximate surface area is 186 Å². The minimum absolute atomic E-state index is 0.0393. The molecular formula is C23H29N7O2. The van der Waals surface area contributed by atoms with Gasteiger partial charge in [0.15, 0.2) is 11.2 Å². The van der Waals surface area contributed by atoms with Crippen LogP contribution in [-0.2, 0) is 6.54 Å². The van der Waals surface area contributed by atoms with Gasteiger partial charge >= 0.3 is 6.03 Å². The van der Waals surface area contributed by atoms with Gasteiger partial charge in [0.25, 0.3) is 5.56 Å². The highest BCUT2D eigenvalue weighted by Gasteiger charge is 2.27. The number of hydrogen-bond acceptors (Lipinski definition) is 5. The lowest BCUT2D eigenvalue weighted by Crippen LogP contribution is -2.48. The molecule has 9 heteroatoms. The number of aromatic nitrogens is 5. The summed E-state index contributed by atoms with van der Waals surface area (Å²) in [6.45, 7) is 1.83. The normalized spacial score (nSPS) is 18.2. The number of amides is 2. The van der Waals surface area contributed by atoms with Crippen molar-refractivity contribution in [2.75, 3.05) is 13.1 Å². The van der Waals surface area contributed by atoms with Gasteiger partial charge < -0.3 is 15.2 Å². The van der Waals surface area contributed by atoms with E-state index in [-0.39, 0.29) is 23.0 Å². The summed E-state index contributed by atoms with van der Waals surface area (Å²) in [4.78, 5) is 34.8. The van der Waals surface area contributed by atoms with Gasteiger partial charge in [0, 0.05) is 25.0 Å². The van der Waals surface area contributed by atoms with Crippen molar-refractivity contribution < 1.29 is 4.79 Å². The van der Waals surface area contributed by atoms with Crippen LogP contribution in [0.3, 0.4) is 0 Å². The van der Waals surface area contributed by atoms with Crippen molar-refractivity contribution in [2.45, 2.75) is 63.5 Å². The molecule has 1 saturated carbocycles. The Balaban J connectivity index is 1.27. The number of nitrogens with zero attached hydrogens (tertiary/aromatic N) is 5. The Morgan fingerprint density at radius 2 is 1.81 bits per heavy atom. The SMILES string of the molecule is O=C(NC1CCCCC1)N1CCC(c2nc3c(nnn3Cc3ccccc3)c(=O)[nH]2)CC1. The molecule has 2 aliphatic rings. The standard InChI is InChI=1S/C23H29N7O2/c31-22-19-21(30(28-27-19)15-16-7-3-1-4-8-16)25-20(26-22)17-11-13-29(14-12-17)23(32)24-18-9-5-2-6-10-18/h1,3-4,7-8,17-18H,2,5-6,9-15H2,(H,24,32)(H,25,26,31). The van der Waals surface area contributed by atoms with E-state index in [0.29, 0.717) is 37.1 Å². The first kappa shape index (κ1) is 20.7. The van der Waals surface area contributed by atoms with Gasteiger partial charge in [0.2, 0.25) is 0 Å². The van der Waals surface area contributed by atoms with Crippen LogP contribution in [0.2, 0.25) is 0 Å². The molecule has 3 aromatic rings. The number of benzene rings is 1. The van der Waals surface area contributed by atoms with Gasteiger partial charge in [-0.05, 0) is 31.2 Å². The lowest BCUT2D eigenvalue weighted by atomic mass is 9.95. The maximum absolute atomic E-state index is 12.6. The number of hydrogen-bond donors (Lipinski definition) is 2. The molecule has 0 unspecified atom stereocenters. The molecule has 2 aromatic heterocycles. The molecule has 168 valence electrons. The average Bonchev–Trinajstić information content (AvgIpc) is 3.23. The van der Waals surface area contributed by atoms with Gasteiger partial charge in [0.05, 0.1) is 6.54 Å². The number of rotatable bonds is 4. The van der Waals surface area contributed by atoms with Crippen molar-refractivity contribution in [2.24, 2.45) is 0 Å². The minimum Gasteiger partial charge on any atom is -0.335 e. The predicted octanol–water partition coefficient (Wildman–Crippen LogP) is 2.78. The number of urea groups is 1. The summed E-state index contributed by atoms with van der Waals surface area (Å²) in [5, 5.41) is 11.4. The third kappa shape index (κ3) is 4.37. The van der Waals surface area contributed by atoms with Gasteiger partial charge in [-0.3, -0.25) is 4.79 Å². The molecule has 3 heterocycles. The van der Waals surface area contributed by atoms with Crippen LogP contribution in [0, 0.1) is 0 Å². The second kappa shape index (κ2) is 9.10. The maximum atomic E-state index is 12.6. The molecule has 2 amide bonds. The number of likely N-dealkylation sites (tertiary alicyclic amines) is 1. The molecule has 32 heavy (non-hydrogen) atoms. The van der Waals surface area contributed by atoms with Crippen LogP contribution in [0.15, 0.2) is 35.1 Å². The van der Waals surface area contributed by atoms with Crippen molar-refractivity contribution in [3.63, 3.8) is 0 Å². The van der Waals surface area contributed by atoms with E-state index in [9.17, 15) is 9.59 Å². The van der Waals surface area contributed by atoms with Gasteiger partial charge in [-0.15, -0.1) is 5.10 Å². The zero-order chi connectivity index (χ0) is 21.9. The smallest absolute Gasteiger partial charge is 0.317 e. The molecule has 1 aliphatic carbocycles. The monoisotopic (exact) mass is 435 g/mol. The number of carbonyl (C=O) groups excluding carboxylic acids is 1. The molecule has 1 aromatic carbocycles. The molecule has 0 atom stereocenters. The number of H-pyrrole nitrogens is 1. The van der Waals surface area contributed by atoms with Crippen molar-refractivity contribution >= 4 is 17.2 Å². The van der Waals surface area contributed by atoms with Crippen molar-refractivity contribution in [3.05, 3.63) is 52.1 Å². The zero-order valence-electron chi connectivity index (χ0n) is 18.2. The molecule has 2 fully saturated rings. The number of nitrogens with one attached hydrogen (secondary N) is 2. The van der Waals surface area contributed by atoms with E-state index < -0.39 is 0 Å². The summed E-state index contributed by atoms with van der Waals surface area (Å²) in [6.07, 6.45) is 7.37. The topological polar surface area (TPSA) is 109 Å². The van der Waals surface area contributed by atoms with Crippen LogP contribution in [-0.4, -0.2) is 55.0 Å². The third-order valence-electron chi connectivity index (χ3n) is 6.67. The van der Waals surface area contributed by atoms with Crippen molar-refractivity contribution in [1.82, 2.24) is 35.2 Å². The van der Waals surface area contributed by atoms with E-state index in [1.807, 2.05) is 35.2 Å². The van der Waals surface area contributed by atoms with E-state index in [2.05, 4.69) is 20.6 Å². The molecule has 2 N–H and O–H groups in total. The average molecular weight is 436 g/mol. The van der Waals surface area contributed by atoms with Gasteiger partial charge in [-0.2, -0.15) is 0 Å². The lowest BCUT2D eigenvalue weighted by Gasteiger charge is -2.33. The van der Waals surface area contributed by atoms with Crippen LogP contribution >= 0.6 is 0 Å². The zero-order valence-corrected chi connectivity index (χ0v) is 18.2. The maximum Gasteiger partial charge on any atom is 0.317 e. The van der Waals surface area contributed by atoms with Gasteiger partial charge in [-0.25, -0.2) is 14.5 Å². The molecule has 0 bridgehead atoms. The largest absolute Gasteiger partial charge is 0.335 e.